The third-order valence-electron chi connectivity index (χ3n) is 2.57. The van der Waals surface area contributed by atoms with Crippen LogP contribution in [0.25, 0.3) is 0 Å². The Kier molecular flexibility index (Phi) is 4.28. The molecule has 17 heavy (non-hydrogen) atoms. The molecule has 0 saturated carbocycles. The van der Waals surface area contributed by atoms with Gasteiger partial charge in [-0.25, -0.2) is 9.97 Å². The molecular formula is C12H18N4S. The number of aryl methyl sites for hydroxylation is 1. The third kappa shape index (κ3) is 3.38. The molecule has 2 heterocycles. The predicted octanol–water partition coefficient (Wildman–Crippen LogP) is 2.46. The Morgan fingerprint density at radius 3 is 3.00 bits per heavy atom. The van der Waals surface area contributed by atoms with Gasteiger partial charge in [-0.05, 0) is 19.9 Å². The minimum absolute atomic E-state index is 0.228. The second-order valence-electron chi connectivity index (χ2n) is 4.04. The second-order valence-corrected chi connectivity index (χ2v) is 5.11. The van der Waals surface area contributed by atoms with E-state index in [2.05, 4.69) is 32.6 Å². The van der Waals surface area contributed by atoms with Gasteiger partial charge in [0.15, 0.2) is 0 Å². The van der Waals surface area contributed by atoms with Crippen LogP contribution in [0.4, 0.5) is 0 Å². The van der Waals surface area contributed by atoms with Crippen molar-refractivity contribution in [3.05, 3.63) is 34.3 Å². The van der Waals surface area contributed by atoms with Gasteiger partial charge in [-0.2, -0.15) is 0 Å². The zero-order valence-electron chi connectivity index (χ0n) is 10.2. The minimum Gasteiger partial charge on any atom is -0.347 e. The summed E-state index contributed by atoms with van der Waals surface area (Å²) in [6, 6.07) is 0.228. The summed E-state index contributed by atoms with van der Waals surface area (Å²) in [7, 11) is 0. The van der Waals surface area contributed by atoms with Crippen LogP contribution >= 0.6 is 11.3 Å². The Balaban J connectivity index is 2.05. The molecule has 2 aromatic heterocycles. The highest BCUT2D eigenvalue weighted by Crippen LogP contribution is 2.17. The molecule has 0 spiro atoms. The number of hydrogen-bond donors (Lipinski definition) is 2. The van der Waals surface area contributed by atoms with Crippen molar-refractivity contribution >= 4 is 11.3 Å². The maximum absolute atomic E-state index is 4.51. The molecule has 0 aromatic carbocycles. The SMILES string of the molecule is CCCNC(Cc1csc(C)n1)c1ncc[nH]1. The Morgan fingerprint density at radius 1 is 1.53 bits per heavy atom. The van der Waals surface area contributed by atoms with Crippen LogP contribution in [0.2, 0.25) is 0 Å². The first kappa shape index (κ1) is 12.3. The summed E-state index contributed by atoms with van der Waals surface area (Å²) in [4.78, 5) is 12.0. The molecule has 0 fully saturated rings. The molecule has 0 amide bonds. The lowest BCUT2D eigenvalue weighted by Gasteiger charge is -2.14. The van der Waals surface area contributed by atoms with Gasteiger partial charge in [-0.3, -0.25) is 0 Å². The van der Waals surface area contributed by atoms with Gasteiger partial charge in [0, 0.05) is 24.2 Å². The van der Waals surface area contributed by atoms with Gasteiger partial charge >= 0.3 is 0 Å². The summed E-state index contributed by atoms with van der Waals surface area (Å²) in [6.07, 6.45) is 5.66. The van der Waals surface area contributed by atoms with Crippen molar-refractivity contribution in [3.8, 4) is 0 Å². The average Bonchev–Trinajstić information content (AvgIpc) is 2.95. The molecule has 0 aliphatic rings. The normalized spacial score (nSPS) is 12.8. The quantitative estimate of drug-likeness (QED) is 0.828. The lowest BCUT2D eigenvalue weighted by Crippen LogP contribution is -2.25. The highest BCUT2D eigenvalue weighted by molar-refractivity contribution is 7.09. The fourth-order valence-corrected chi connectivity index (χ4v) is 2.39. The van der Waals surface area contributed by atoms with Gasteiger partial charge in [0.1, 0.15) is 5.82 Å². The van der Waals surface area contributed by atoms with Crippen LogP contribution in [0, 0.1) is 6.92 Å². The molecule has 1 atom stereocenters. The number of H-pyrrole nitrogens is 1. The van der Waals surface area contributed by atoms with Crippen LogP contribution in [0.3, 0.4) is 0 Å². The maximum atomic E-state index is 4.51. The number of thiazole rings is 1. The van der Waals surface area contributed by atoms with Gasteiger partial charge in [0.2, 0.25) is 0 Å². The van der Waals surface area contributed by atoms with Crippen molar-refractivity contribution in [2.24, 2.45) is 0 Å². The zero-order valence-corrected chi connectivity index (χ0v) is 11.0. The Morgan fingerprint density at radius 2 is 2.41 bits per heavy atom. The topological polar surface area (TPSA) is 53.6 Å². The molecule has 2 aromatic rings. The van der Waals surface area contributed by atoms with Crippen LogP contribution in [-0.4, -0.2) is 21.5 Å². The van der Waals surface area contributed by atoms with Gasteiger partial charge in [0.05, 0.1) is 16.7 Å². The van der Waals surface area contributed by atoms with E-state index in [1.165, 1.54) is 0 Å². The van der Waals surface area contributed by atoms with E-state index in [4.69, 9.17) is 0 Å². The van der Waals surface area contributed by atoms with Crippen LogP contribution in [0.5, 0.6) is 0 Å². The first-order chi connectivity index (χ1) is 8.29. The van der Waals surface area contributed by atoms with E-state index in [1.807, 2.05) is 13.1 Å². The lowest BCUT2D eigenvalue weighted by atomic mass is 10.1. The molecule has 0 aliphatic heterocycles. The fourth-order valence-electron chi connectivity index (χ4n) is 1.76. The molecule has 2 N–H and O–H groups in total. The highest BCUT2D eigenvalue weighted by atomic mass is 32.1. The summed E-state index contributed by atoms with van der Waals surface area (Å²) in [6.45, 7) is 5.20. The summed E-state index contributed by atoms with van der Waals surface area (Å²) < 4.78 is 0. The van der Waals surface area contributed by atoms with Crippen LogP contribution in [-0.2, 0) is 6.42 Å². The number of nitrogens with zero attached hydrogens (tertiary/aromatic N) is 2. The van der Waals surface area contributed by atoms with E-state index in [0.717, 1.165) is 35.9 Å². The molecule has 1 unspecified atom stereocenters. The lowest BCUT2D eigenvalue weighted by molar-refractivity contribution is 0.504. The van der Waals surface area contributed by atoms with Gasteiger partial charge in [0.25, 0.3) is 0 Å². The number of aromatic nitrogens is 3. The molecule has 92 valence electrons. The summed E-state index contributed by atoms with van der Waals surface area (Å²) >= 11 is 1.70. The molecule has 4 nitrogen and oxygen atoms in total. The Labute approximate surface area is 106 Å². The predicted molar refractivity (Wildman–Crippen MR) is 70.2 cm³/mol. The monoisotopic (exact) mass is 250 g/mol. The summed E-state index contributed by atoms with van der Waals surface area (Å²) in [5.74, 6) is 0.990. The number of nitrogens with one attached hydrogen (secondary N) is 2. The highest BCUT2D eigenvalue weighted by Gasteiger charge is 2.15. The van der Waals surface area contributed by atoms with Crippen molar-refractivity contribution in [2.45, 2.75) is 32.7 Å². The molecular weight excluding hydrogens is 232 g/mol. The largest absolute Gasteiger partial charge is 0.347 e. The second kappa shape index (κ2) is 5.93. The van der Waals surface area contributed by atoms with E-state index < -0.39 is 0 Å². The van der Waals surface area contributed by atoms with Crippen molar-refractivity contribution in [2.75, 3.05) is 6.54 Å². The fraction of sp³-hybridized carbons (Fsp3) is 0.500. The first-order valence-electron chi connectivity index (χ1n) is 5.93. The minimum atomic E-state index is 0.228. The van der Waals surface area contributed by atoms with Crippen LogP contribution in [0.1, 0.15) is 35.9 Å². The first-order valence-corrected chi connectivity index (χ1v) is 6.81. The van der Waals surface area contributed by atoms with Crippen molar-refractivity contribution < 1.29 is 0 Å². The Hall–Kier alpha value is -1.20. The van der Waals surface area contributed by atoms with E-state index >= 15 is 0 Å². The Bertz CT molecular complexity index is 435. The van der Waals surface area contributed by atoms with Crippen molar-refractivity contribution in [1.82, 2.24) is 20.3 Å². The average molecular weight is 250 g/mol. The zero-order chi connectivity index (χ0) is 12.1. The van der Waals surface area contributed by atoms with Crippen LogP contribution in [0.15, 0.2) is 17.8 Å². The van der Waals surface area contributed by atoms with Gasteiger partial charge in [-0.15, -0.1) is 11.3 Å². The van der Waals surface area contributed by atoms with Crippen LogP contribution < -0.4 is 5.32 Å². The third-order valence-corrected chi connectivity index (χ3v) is 3.39. The van der Waals surface area contributed by atoms with Gasteiger partial charge in [-0.1, -0.05) is 6.92 Å². The van der Waals surface area contributed by atoms with E-state index in [0.29, 0.717) is 0 Å². The maximum Gasteiger partial charge on any atom is 0.123 e. The molecule has 0 saturated heterocycles. The van der Waals surface area contributed by atoms with E-state index in [1.54, 1.807) is 17.5 Å². The molecule has 0 radical (unpaired) electrons. The molecule has 2 rings (SSSR count). The smallest absolute Gasteiger partial charge is 0.123 e. The number of hydrogen-bond acceptors (Lipinski definition) is 4. The van der Waals surface area contributed by atoms with Crippen molar-refractivity contribution in [1.29, 1.82) is 0 Å². The number of imidazole rings is 1. The number of aromatic amines is 1. The standard InChI is InChI=1S/C12H18N4S/c1-3-4-13-11(12-14-5-6-15-12)7-10-8-17-9(2)16-10/h5-6,8,11,13H,3-4,7H2,1-2H3,(H,14,15). The summed E-state index contributed by atoms with van der Waals surface area (Å²) in [5.41, 5.74) is 1.14. The van der Waals surface area contributed by atoms with Crippen molar-refractivity contribution in [3.63, 3.8) is 0 Å². The van der Waals surface area contributed by atoms with E-state index in [-0.39, 0.29) is 6.04 Å². The molecule has 5 heteroatoms. The summed E-state index contributed by atoms with van der Waals surface area (Å²) in [5, 5.41) is 6.74. The van der Waals surface area contributed by atoms with Gasteiger partial charge < -0.3 is 10.3 Å². The number of rotatable bonds is 6. The molecule has 0 bridgehead atoms. The van der Waals surface area contributed by atoms with E-state index in [9.17, 15) is 0 Å². The molecule has 0 aliphatic carbocycles.